The minimum atomic E-state index is -4.19. The summed E-state index contributed by atoms with van der Waals surface area (Å²) < 4.78 is 33.3. The second-order valence-electron chi connectivity index (χ2n) is 8.45. The Labute approximate surface area is 217 Å². The van der Waals surface area contributed by atoms with Gasteiger partial charge >= 0.3 is 5.97 Å². The molecule has 9 heteroatoms. The van der Waals surface area contributed by atoms with Crippen molar-refractivity contribution >= 4 is 44.9 Å². The van der Waals surface area contributed by atoms with Gasteiger partial charge in [0.05, 0.1) is 16.7 Å². The fourth-order valence-corrected chi connectivity index (χ4v) is 5.18. The maximum absolute atomic E-state index is 13.6. The Morgan fingerprint density at radius 2 is 1.69 bits per heavy atom. The summed E-state index contributed by atoms with van der Waals surface area (Å²) in [4.78, 5) is 24.8. The molecule has 7 nitrogen and oxygen atoms in total. The zero-order valence-corrected chi connectivity index (χ0v) is 21.8. The lowest BCUT2D eigenvalue weighted by Gasteiger charge is -2.24. The van der Waals surface area contributed by atoms with Crippen LogP contribution in [0.2, 0.25) is 5.02 Å². The van der Waals surface area contributed by atoms with Crippen molar-refractivity contribution in [1.82, 2.24) is 0 Å². The Hall–Kier alpha value is -3.36. The fourth-order valence-electron chi connectivity index (χ4n) is 3.55. The molecule has 0 aromatic heterocycles. The first-order chi connectivity index (χ1) is 17.1. The van der Waals surface area contributed by atoms with Gasteiger partial charge in [-0.3, -0.25) is 13.9 Å². The lowest BCUT2D eigenvalue weighted by molar-refractivity contribution is -0.145. The molecular formula is C27H29ClN2O5S. The minimum absolute atomic E-state index is 0.0816. The number of carbonyl (C=O) groups excluding carboxylic acids is 2. The molecule has 3 rings (SSSR count). The number of hydrogen-bond donors (Lipinski definition) is 1. The molecule has 190 valence electrons. The number of amides is 1. The Kier molecular flexibility index (Phi) is 9.50. The highest BCUT2D eigenvalue weighted by atomic mass is 35.5. The molecule has 0 saturated carbocycles. The Morgan fingerprint density at radius 1 is 0.972 bits per heavy atom. The Balaban J connectivity index is 1.77. The third kappa shape index (κ3) is 7.83. The molecule has 0 fully saturated rings. The highest BCUT2D eigenvalue weighted by molar-refractivity contribution is 7.92. The van der Waals surface area contributed by atoms with E-state index in [2.05, 4.69) is 5.32 Å². The van der Waals surface area contributed by atoms with Gasteiger partial charge in [-0.25, -0.2) is 8.42 Å². The molecule has 1 N–H and O–H groups in total. The number of aryl methyl sites for hydroxylation is 1. The number of carbonyl (C=O) groups is 2. The van der Waals surface area contributed by atoms with E-state index in [0.717, 1.165) is 16.3 Å². The summed E-state index contributed by atoms with van der Waals surface area (Å²) in [5, 5.41) is 3.08. The minimum Gasteiger partial charge on any atom is -0.462 e. The summed E-state index contributed by atoms with van der Waals surface area (Å²) in [5.74, 6) is -0.913. The third-order valence-corrected chi connectivity index (χ3v) is 7.16. The first-order valence-electron chi connectivity index (χ1n) is 11.6. The molecule has 0 unspecified atom stereocenters. The van der Waals surface area contributed by atoms with Crippen molar-refractivity contribution in [3.05, 3.63) is 89.4 Å². The summed E-state index contributed by atoms with van der Waals surface area (Å²) >= 11 is 6.08. The number of hydrogen-bond acceptors (Lipinski definition) is 5. The van der Waals surface area contributed by atoms with E-state index in [1.54, 1.807) is 38.1 Å². The first kappa shape index (κ1) is 27.2. The summed E-state index contributed by atoms with van der Waals surface area (Å²) in [6.45, 7) is 2.83. The summed E-state index contributed by atoms with van der Waals surface area (Å²) in [6, 6.07) is 22.0. The van der Waals surface area contributed by atoms with Crippen LogP contribution < -0.4 is 9.62 Å². The molecule has 0 atom stereocenters. The molecule has 3 aromatic rings. The van der Waals surface area contributed by atoms with E-state index in [1.165, 1.54) is 24.3 Å². The van der Waals surface area contributed by atoms with Crippen molar-refractivity contribution in [2.45, 2.75) is 44.1 Å². The number of halogens is 1. The van der Waals surface area contributed by atoms with E-state index in [0.29, 0.717) is 23.6 Å². The van der Waals surface area contributed by atoms with E-state index < -0.39 is 28.6 Å². The van der Waals surface area contributed by atoms with Gasteiger partial charge in [0.1, 0.15) is 6.54 Å². The van der Waals surface area contributed by atoms with Crippen LogP contribution in [0, 0.1) is 0 Å². The van der Waals surface area contributed by atoms with Gasteiger partial charge in [-0.05, 0) is 68.7 Å². The quantitative estimate of drug-likeness (QED) is 0.334. The highest BCUT2D eigenvalue weighted by Crippen LogP contribution is 2.27. The van der Waals surface area contributed by atoms with Crippen molar-refractivity contribution in [2.75, 3.05) is 16.2 Å². The zero-order valence-electron chi connectivity index (χ0n) is 20.2. The second kappa shape index (κ2) is 12.6. The molecule has 0 aliphatic carbocycles. The first-order valence-corrected chi connectivity index (χ1v) is 13.4. The van der Waals surface area contributed by atoms with Gasteiger partial charge in [-0.1, -0.05) is 54.1 Å². The molecule has 0 heterocycles. The van der Waals surface area contributed by atoms with Crippen LogP contribution in [0.25, 0.3) is 0 Å². The van der Waals surface area contributed by atoms with Gasteiger partial charge in [-0.2, -0.15) is 0 Å². The van der Waals surface area contributed by atoms with Crippen molar-refractivity contribution in [1.29, 1.82) is 0 Å². The molecule has 0 spiro atoms. The van der Waals surface area contributed by atoms with Crippen molar-refractivity contribution in [2.24, 2.45) is 0 Å². The number of nitrogens with zero attached hydrogens (tertiary/aromatic N) is 1. The van der Waals surface area contributed by atoms with Crippen LogP contribution in [0.4, 0.5) is 11.4 Å². The smallest absolute Gasteiger partial charge is 0.327 e. The predicted molar refractivity (Wildman–Crippen MR) is 142 cm³/mol. The zero-order chi connectivity index (χ0) is 26.1. The van der Waals surface area contributed by atoms with Crippen molar-refractivity contribution in [3.8, 4) is 0 Å². The van der Waals surface area contributed by atoms with Crippen molar-refractivity contribution < 1.29 is 22.7 Å². The second-order valence-corrected chi connectivity index (χ2v) is 10.7. The maximum atomic E-state index is 13.6. The van der Waals surface area contributed by atoms with Crippen LogP contribution >= 0.6 is 11.6 Å². The van der Waals surface area contributed by atoms with Crippen LogP contribution in [-0.4, -0.2) is 32.9 Å². The normalized spacial score (nSPS) is 11.2. The summed E-state index contributed by atoms with van der Waals surface area (Å²) in [5.41, 5.74) is 1.71. The van der Waals surface area contributed by atoms with Crippen LogP contribution in [0.5, 0.6) is 0 Å². The van der Waals surface area contributed by atoms with Gasteiger partial charge in [0.2, 0.25) is 5.91 Å². The SMILES string of the molecule is CC(C)OC(=O)CN(c1cccc(Cl)c1)S(=O)(=O)c1cccc(NC(=O)CCCc2ccccc2)c1. The predicted octanol–water partition coefficient (Wildman–Crippen LogP) is 5.45. The standard InChI is InChI=1S/C27H29ClN2O5S/c1-20(2)35-27(32)19-30(24-14-7-12-22(28)17-24)36(33,34)25-15-8-13-23(18-25)29-26(31)16-6-11-21-9-4-3-5-10-21/h3-5,7-10,12-15,17-18,20H,6,11,16,19H2,1-2H3,(H,29,31). The molecule has 0 saturated heterocycles. The molecule has 36 heavy (non-hydrogen) atoms. The third-order valence-electron chi connectivity index (χ3n) is 5.15. The van der Waals surface area contributed by atoms with Gasteiger partial charge < -0.3 is 10.1 Å². The van der Waals surface area contributed by atoms with E-state index >= 15 is 0 Å². The number of ether oxygens (including phenoxy) is 1. The maximum Gasteiger partial charge on any atom is 0.327 e. The number of sulfonamides is 1. The average Bonchev–Trinajstić information content (AvgIpc) is 2.83. The van der Waals surface area contributed by atoms with Gasteiger partial charge in [0.15, 0.2) is 0 Å². The summed E-state index contributed by atoms with van der Waals surface area (Å²) in [7, 11) is -4.19. The summed E-state index contributed by atoms with van der Waals surface area (Å²) in [6.07, 6.45) is 1.32. The molecule has 0 aliphatic heterocycles. The number of benzene rings is 3. The van der Waals surface area contributed by atoms with Gasteiger partial charge in [0.25, 0.3) is 10.0 Å². The monoisotopic (exact) mass is 528 g/mol. The lowest BCUT2D eigenvalue weighted by atomic mass is 10.1. The number of nitrogens with one attached hydrogen (secondary N) is 1. The molecule has 0 bridgehead atoms. The van der Waals surface area contributed by atoms with E-state index in [4.69, 9.17) is 16.3 Å². The molecular weight excluding hydrogens is 500 g/mol. The average molecular weight is 529 g/mol. The van der Waals surface area contributed by atoms with Crippen LogP contribution in [0.3, 0.4) is 0 Å². The molecule has 0 aliphatic rings. The highest BCUT2D eigenvalue weighted by Gasteiger charge is 2.28. The Bertz CT molecular complexity index is 1300. The largest absolute Gasteiger partial charge is 0.462 e. The molecule has 1 amide bonds. The van der Waals surface area contributed by atoms with Crippen molar-refractivity contribution in [3.63, 3.8) is 0 Å². The lowest BCUT2D eigenvalue weighted by Crippen LogP contribution is -2.37. The van der Waals surface area contributed by atoms with Crippen LogP contribution in [0.15, 0.2) is 83.8 Å². The van der Waals surface area contributed by atoms with E-state index in [1.807, 2.05) is 30.3 Å². The van der Waals surface area contributed by atoms with E-state index in [9.17, 15) is 18.0 Å². The molecule has 3 aromatic carbocycles. The number of esters is 1. The van der Waals surface area contributed by atoms with Gasteiger partial charge in [0, 0.05) is 17.1 Å². The van der Waals surface area contributed by atoms with Gasteiger partial charge in [-0.15, -0.1) is 0 Å². The molecule has 0 radical (unpaired) electrons. The van der Waals surface area contributed by atoms with Crippen LogP contribution in [-0.2, 0) is 30.8 Å². The number of anilines is 2. The number of rotatable bonds is 11. The van der Waals surface area contributed by atoms with E-state index in [-0.39, 0.29) is 16.5 Å². The van der Waals surface area contributed by atoms with Crippen LogP contribution in [0.1, 0.15) is 32.3 Å². The fraction of sp³-hybridized carbons (Fsp3) is 0.259. The Morgan fingerprint density at radius 3 is 2.39 bits per heavy atom. The topological polar surface area (TPSA) is 92.8 Å².